The molecule has 0 aliphatic carbocycles. The highest BCUT2D eigenvalue weighted by molar-refractivity contribution is 6.30. The molecule has 3 heterocycles. The smallest absolute Gasteiger partial charge is 0.255 e. The molecule has 10 aromatic rings. The number of rotatable bonds is 35. The molecular formula is C101H119ClN14O8. The summed E-state index contributed by atoms with van der Waals surface area (Å²) in [5.74, 6) is 0.894. The molecule has 3 fully saturated rings. The lowest BCUT2D eigenvalue weighted by Gasteiger charge is -2.29. The quantitative estimate of drug-likeness (QED) is 0.00764. The summed E-state index contributed by atoms with van der Waals surface area (Å²) in [4.78, 5) is 90.2. The van der Waals surface area contributed by atoms with E-state index in [1.807, 2.05) is 191 Å². The van der Waals surface area contributed by atoms with Crippen LogP contribution in [0.2, 0.25) is 5.02 Å². The van der Waals surface area contributed by atoms with Gasteiger partial charge in [-0.05, 0) is 146 Å². The number of guanidine groups is 1. The summed E-state index contributed by atoms with van der Waals surface area (Å²) in [6.45, 7) is 6.22. The molecule has 13 rings (SSSR count). The van der Waals surface area contributed by atoms with E-state index in [4.69, 9.17) is 44.0 Å². The Bertz CT molecular complexity index is 4940. The maximum absolute atomic E-state index is 14.1. The maximum atomic E-state index is 14.1. The molecule has 3 aliphatic heterocycles. The number of ether oxygens (including phenoxy) is 2. The molecule has 23 heteroatoms. The number of carbonyl (C=O) groups excluding carboxylic acids is 6. The van der Waals surface area contributed by atoms with Crippen LogP contribution in [0.1, 0.15) is 130 Å². The molecule has 0 bridgehead atoms. The monoisotopic (exact) mass is 1690 g/mol. The highest BCUT2D eigenvalue weighted by atomic mass is 35.5. The fourth-order valence-corrected chi connectivity index (χ4v) is 16.4. The van der Waals surface area contributed by atoms with Crippen LogP contribution >= 0.6 is 11.6 Å². The SMILES string of the molecule is COc1cc(C(=O)NC[C@@H]2CCN(CC(c3ccccc3)c3ccccc3)C(=O)[C@H](CCCN=C(N)N)N2)c(OC)c2ccccc12.NCCC[C@@H]1N[C@H](CNC(=O)/C=C/c2ccc(Cl)cc2)CCN(CC(c2ccccc2)c2ccccc2)C1=O.NCCC[C@@H]1N[C@H](CNC(=O)/C=C/c2ccccc2)CCN(CC(c2ccccc2)c2ccccc2)C1=O. The number of methoxy groups -OCH3 is 2. The molecule has 6 amide bonds. The van der Waals surface area contributed by atoms with Crippen molar-refractivity contribution < 1.29 is 38.2 Å². The normalized spacial score (nSPS) is 17.4. The zero-order valence-electron chi connectivity index (χ0n) is 71.0. The first-order valence-electron chi connectivity index (χ1n) is 43.1. The summed E-state index contributed by atoms with van der Waals surface area (Å²) < 4.78 is 11.3. The molecule has 10 aromatic carbocycles. The second kappa shape index (κ2) is 49.1. The van der Waals surface area contributed by atoms with Crippen LogP contribution in [0.4, 0.5) is 0 Å². The van der Waals surface area contributed by atoms with Crippen LogP contribution in [0.25, 0.3) is 22.9 Å². The second-order valence-corrected chi connectivity index (χ2v) is 31.9. The van der Waals surface area contributed by atoms with Crippen LogP contribution in [0.15, 0.2) is 284 Å². The van der Waals surface area contributed by atoms with E-state index >= 15 is 0 Å². The first kappa shape index (κ1) is 92.4. The summed E-state index contributed by atoms with van der Waals surface area (Å²) >= 11 is 5.93. The van der Waals surface area contributed by atoms with E-state index in [2.05, 4.69) is 110 Å². The number of aliphatic imine (C=N–C) groups is 1. The molecule has 3 aliphatic rings. The van der Waals surface area contributed by atoms with Gasteiger partial charge in [0.25, 0.3) is 5.91 Å². The van der Waals surface area contributed by atoms with Crippen LogP contribution in [0.3, 0.4) is 0 Å². The molecule has 0 unspecified atom stereocenters. The third-order valence-corrected chi connectivity index (χ3v) is 23.1. The third kappa shape index (κ3) is 27.9. The zero-order valence-corrected chi connectivity index (χ0v) is 71.8. The van der Waals surface area contributed by atoms with Crippen LogP contribution in [0, 0.1) is 0 Å². The van der Waals surface area contributed by atoms with E-state index in [0.29, 0.717) is 133 Å². The van der Waals surface area contributed by atoms with E-state index < -0.39 is 6.04 Å². The number of hydrogen-bond donors (Lipinski definition) is 10. The Kier molecular flexibility index (Phi) is 36.6. The van der Waals surface area contributed by atoms with Crippen molar-refractivity contribution >= 4 is 75.9 Å². The standard InChI is InChI=1S/C37H44N6O4.C32H37ClN4O2.C32H38N4O2/c1-46-33-22-30(34(47-2)29-17-10-9-16-28(29)33)35(44)41-23-27-19-21-43(36(45)32(42-27)18-11-20-40-37(38)39)24-31(25-12-5-3-6-13-25)26-14-7-4-8-15-26;33-27-16-13-24(14-17-27)15-18-31(38)35-22-28-19-21-37(32(39)30(36-28)12-7-20-34)23-29(25-8-3-1-4-9-25)26-10-5-2-6-11-26;33-21-10-17-30-32(38)36(24-29(26-13-6-2-7-14-26)27-15-8-3-9-16-27)22-20-28(35-30)23-34-31(37)19-18-25-11-4-1-5-12-25/h3-10,12-17,22,27,31-32,42H,11,18-21,23-24H2,1-2H3,(H,41,44)(H4,38,39,40);1-6,8-11,13-18,28-30,36H,7,12,19-23,34H2,(H,35,38);1-9,11-16,18-19,28-30,35H,10,17,20-24,33H2,(H,34,37)/b;18-15+;19-18+/t27-,32-;2*28-,30-/m000/s1. The van der Waals surface area contributed by atoms with Gasteiger partial charge in [-0.3, -0.25) is 33.8 Å². The molecular weight excluding hydrogens is 1570 g/mol. The van der Waals surface area contributed by atoms with Crippen LogP contribution < -0.4 is 64.3 Å². The van der Waals surface area contributed by atoms with Crippen molar-refractivity contribution in [2.45, 2.75) is 112 Å². The van der Waals surface area contributed by atoms with Crippen molar-refractivity contribution in [2.24, 2.45) is 27.9 Å². The summed E-state index contributed by atoms with van der Waals surface area (Å²) in [6.07, 6.45) is 12.8. The average Bonchev–Trinajstić information content (AvgIpc) is 0.939. The molecule has 6 atom stereocenters. The molecule has 0 saturated carbocycles. The van der Waals surface area contributed by atoms with E-state index in [-0.39, 0.29) is 89.4 Å². The number of benzene rings is 10. The Hall–Kier alpha value is -12.3. The molecule has 14 N–H and O–H groups in total. The van der Waals surface area contributed by atoms with Crippen LogP contribution in [-0.2, 0) is 24.0 Å². The number of nitrogens with one attached hydrogen (secondary N) is 6. The predicted molar refractivity (Wildman–Crippen MR) is 498 cm³/mol. The molecule has 22 nitrogen and oxygen atoms in total. The lowest BCUT2D eigenvalue weighted by molar-refractivity contribution is -0.133. The summed E-state index contributed by atoms with van der Waals surface area (Å²) in [6, 6.07) is 87.1. The molecule has 124 heavy (non-hydrogen) atoms. The Labute approximate surface area is 734 Å². The maximum Gasteiger partial charge on any atom is 0.255 e. The van der Waals surface area contributed by atoms with Gasteiger partial charge < -0.3 is 79.0 Å². The highest BCUT2D eigenvalue weighted by Gasteiger charge is 2.37. The first-order chi connectivity index (χ1) is 60.6. The van der Waals surface area contributed by atoms with Crippen molar-refractivity contribution in [3.8, 4) is 11.5 Å². The second-order valence-electron chi connectivity index (χ2n) is 31.4. The van der Waals surface area contributed by atoms with E-state index in [1.54, 1.807) is 50.6 Å². The molecule has 0 spiro atoms. The predicted octanol–water partition coefficient (Wildman–Crippen LogP) is 12.6. The zero-order chi connectivity index (χ0) is 87.2. The largest absolute Gasteiger partial charge is 0.496 e. The molecule has 0 radical (unpaired) electrons. The number of carbonyl (C=O) groups is 6. The Morgan fingerprint density at radius 2 is 0.774 bits per heavy atom. The van der Waals surface area contributed by atoms with Gasteiger partial charge in [0.1, 0.15) is 11.5 Å². The lowest BCUT2D eigenvalue weighted by Crippen LogP contribution is -2.49. The van der Waals surface area contributed by atoms with E-state index in [1.165, 1.54) is 28.3 Å². The molecule has 0 aromatic heterocycles. The number of hydrogen-bond acceptors (Lipinski definition) is 14. The van der Waals surface area contributed by atoms with Gasteiger partial charge in [-0.15, -0.1) is 0 Å². The third-order valence-electron chi connectivity index (χ3n) is 22.8. The van der Waals surface area contributed by atoms with Gasteiger partial charge in [-0.1, -0.05) is 260 Å². The van der Waals surface area contributed by atoms with Gasteiger partial charge in [-0.2, -0.15) is 0 Å². The number of amides is 6. The minimum Gasteiger partial charge on any atom is -0.496 e. The summed E-state index contributed by atoms with van der Waals surface area (Å²) in [5.41, 5.74) is 32.0. The number of halogens is 1. The van der Waals surface area contributed by atoms with Crippen molar-refractivity contribution in [1.82, 2.24) is 46.6 Å². The lowest BCUT2D eigenvalue weighted by atomic mass is 9.90. The van der Waals surface area contributed by atoms with Crippen LogP contribution in [-0.4, -0.2) is 185 Å². The topological polar surface area (TPSA) is 319 Å². The van der Waals surface area contributed by atoms with E-state index in [0.717, 1.165) is 58.7 Å². The Morgan fingerprint density at radius 1 is 0.444 bits per heavy atom. The fourth-order valence-electron chi connectivity index (χ4n) is 16.3. The van der Waals surface area contributed by atoms with Gasteiger partial charge in [0.2, 0.25) is 29.5 Å². The minimum atomic E-state index is -0.462. The molecule has 648 valence electrons. The van der Waals surface area contributed by atoms with Gasteiger partial charge in [0, 0.05) is 129 Å². The number of nitrogens with zero attached hydrogens (tertiary/aromatic N) is 4. The van der Waals surface area contributed by atoms with Gasteiger partial charge in [0.15, 0.2) is 5.96 Å². The van der Waals surface area contributed by atoms with Crippen LogP contribution in [0.5, 0.6) is 11.5 Å². The van der Waals surface area contributed by atoms with E-state index in [9.17, 15) is 28.8 Å². The summed E-state index contributed by atoms with van der Waals surface area (Å²) in [5, 5.41) is 22.0. The first-order valence-corrected chi connectivity index (χ1v) is 43.5. The van der Waals surface area contributed by atoms with Gasteiger partial charge >= 0.3 is 0 Å². The van der Waals surface area contributed by atoms with Crippen molar-refractivity contribution in [3.05, 3.63) is 334 Å². The Morgan fingerprint density at radius 3 is 1.12 bits per heavy atom. The minimum absolute atomic E-state index is 0.00676. The fraction of sp³-hybridized carbons (Fsp3) is 0.317. The van der Waals surface area contributed by atoms with Crippen molar-refractivity contribution in [2.75, 3.05) is 92.8 Å². The average molecular weight is 1690 g/mol. The molecule has 3 saturated heterocycles. The highest BCUT2D eigenvalue weighted by Crippen LogP contribution is 2.38. The summed E-state index contributed by atoms with van der Waals surface area (Å²) in [7, 11) is 3.14. The number of fused-ring (bicyclic) bond motifs is 1. The van der Waals surface area contributed by atoms with Gasteiger partial charge in [-0.25, -0.2) is 0 Å². The van der Waals surface area contributed by atoms with Crippen molar-refractivity contribution in [3.63, 3.8) is 0 Å². The Balaban J connectivity index is 0.000000182. The van der Waals surface area contributed by atoms with Gasteiger partial charge in [0.05, 0.1) is 37.9 Å². The number of nitrogens with two attached hydrogens (primary N) is 4. The van der Waals surface area contributed by atoms with Crippen molar-refractivity contribution in [1.29, 1.82) is 0 Å².